The van der Waals surface area contributed by atoms with Crippen LogP contribution in [0.2, 0.25) is 0 Å². The second kappa shape index (κ2) is 6.45. The van der Waals surface area contributed by atoms with E-state index >= 15 is 0 Å². The van der Waals surface area contributed by atoms with Gasteiger partial charge >= 0.3 is 6.09 Å². The SMILES string of the molecule is CC(C)(C)OC(=O)NCC(CN)c1csc2ccccc12. The third kappa shape index (κ3) is 4.19. The predicted octanol–water partition coefficient (Wildman–Crippen LogP) is 3.47. The van der Waals surface area contributed by atoms with Gasteiger partial charge in [0.15, 0.2) is 0 Å². The number of carbonyl (C=O) groups is 1. The van der Waals surface area contributed by atoms with Crippen molar-refractivity contribution in [3.05, 3.63) is 35.2 Å². The maximum absolute atomic E-state index is 11.7. The van der Waals surface area contributed by atoms with Gasteiger partial charge in [-0.25, -0.2) is 4.79 Å². The molecule has 114 valence electrons. The number of nitrogens with one attached hydrogen (secondary N) is 1. The van der Waals surface area contributed by atoms with Crippen LogP contribution in [0.25, 0.3) is 10.1 Å². The fourth-order valence-electron chi connectivity index (χ4n) is 2.16. The molecule has 1 atom stereocenters. The molecule has 4 nitrogen and oxygen atoms in total. The molecule has 0 spiro atoms. The Morgan fingerprint density at radius 2 is 2.10 bits per heavy atom. The maximum atomic E-state index is 11.7. The fourth-order valence-corrected chi connectivity index (χ4v) is 3.20. The summed E-state index contributed by atoms with van der Waals surface area (Å²) < 4.78 is 6.49. The van der Waals surface area contributed by atoms with Gasteiger partial charge in [0.25, 0.3) is 0 Å². The normalized spacial score (nSPS) is 13.1. The van der Waals surface area contributed by atoms with Crippen molar-refractivity contribution in [2.45, 2.75) is 32.3 Å². The summed E-state index contributed by atoms with van der Waals surface area (Å²) in [6.45, 7) is 6.50. The summed E-state index contributed by atoms with van der Waals surface area (Å²) in [4.78, 5) is 11.7. The highest BCUT2D eigenvalue weighted by Crippen LogP contribution is 2.30. The lowest BCUT2D eigenvalue weighted by molar-refractivity contribution is 0.0525. The first-order valence-electron chi connectivity index (χ1n) is 7.04. The number of ether oxygens (including phenoxy) is 1. The molecule has 0 aliphatic heterocycles. The standard InChI is InChI=1S/C16H22N2O2S/c1-16(2,3)20-15(19)18-9-11(8-17)13-10-21-14-7-5-4-6-12(13)14/h4-7,10-11H,8-9,17H2,1-3H3,(H,18,19). The molecule has 1 unspecified atom stereocenters. The highest BCUT2D eigenvalue weighted by atomic mass is 32.1. The van der Waals surface area contributed by atoms with E-state index in [-0.39, 0.29) is 5.92 Å². The van der Waals surface area contributed by atoms with Gasteiger partial charge in [0.1, 0.15) is 5.60 Å². The average molecular weight is 306 g/mol. The lowest BCUT2D eigenvalue weighted by atomic mass is 9.98. The molecule has 2 aromatic rings. The van der Waals surface area contributed by atoms with Gasteiger partial charge in [0.05, 0.1) is 0 Å². The zero-order chi connectivity index (χ0) is 15.5. The molecule has 1 aromatic carbocycles. The van der Waals surface area contributed by atoms with Gasteiger partial charge in [-0.1, -0.05) is 18.2 Å². The topological polar surface area (TPSA) is 64.3 Å². The molecular formula is C16H22N2O2S. The quantitative estimate of drug-likeness (QED) is 0.909. The molecule has 0 fully saturated rings. The van der Waals surface area contributed by atoms with Crippen molar-refractivity contribution >= 4 is 27.5 Å². The molecular weight excluding hydrogens is 284 g/mol. The Hall–Kier alpha value is -1.59. The summed E-state index contributed by atoms with van der Waals surface area (Å²) in [5, 5.41) is 6.14. The van der Waals surface area contributed by atoms with Crippen LogP contribution in [0.1, 0.15) is 32.3 Å². The number of amides is 1. The highest BCUT2D eigenvalue weighted by molar-refractivity contribution is 7.17. The first kappa shape index (κ1) is 15.8. The van der Waals surface area contributed by atoms with Crippen LogP contribution in [0.15, 0.2) is 29.6 Å². The molecule has 1 amide bonds. The second-order valence-electron chi connectivity index (χ2n) is 6.00. The third-order valence-electron chi connectivity index (χ3n) is 3.13. The van der Waals surface area contributed by atoms with E-state index in [4.69, 9.17) is 10.5 Å². The van der Waals surface area contributed by atoms with Gasteiger partial charge in [-0.05, 0) is 43.2 Å². The highest BCUT2D eigenvalue weighted by Gasteiger charge is 2.19. The van der Waals surface area contributed by atoms with Crippen LogP contribution in [-0.4, -0.2) is 24.8 Å². The molecule has 0 saturated carbocycles. The Balaban J connectivity index is 2.05. The van der Waals surface area contributed by atoms with Crippen molar-refractivity contribution < 1.29 is 9.53 Å². The summed E-state index contributed by atoms with van der Waals surface area (Å²) in [6, 6.07) is 8.24. The number of carbonyl (C=O) groups excluding carboxylic acids is 1. The van der Waals surface area contributed by atoms with Crippen LogP contribution in [0, 0.1) is 0 Å². The Morgan fingerprint density at radius 3 is 2.76 bits per heavy atom. The first-order valence-corrected chi connectivity index (χ1v) is 7.91. The molecule has 1 heterocycles. The number of nitrogens with two attached hydrogens (primary N) is 1. The number of hydrogen-bond acceptors (Lipinski definition) is 4. The number of hydrogen-bond donors (Lipinski definition) is 2. The van der Waals surface area contributed by atoms with Crippen molar-refractivity contribution in [3.8, 4) is 0 Å². The molecule has 5 heteroatoms. The van der Waals surface area contributed by atoms with Gasteiger partial charge < -0.3 is 15.8 Å². The molecule has 0 bridgehead atoms. The Kier molecular flexibility index (Phi) is 4.85. The Labute approximate surface area is 129 Å². The lowest BCUT2D eigenvalue weighted by Gasteiger charge is -2.21. The number of benzene rings is 1. The summed E-state index contributed by atoms with van der Waals surface area (Å²) in [7, 11) is 0. The minimum atomic E-state index is -0.489. The minimum Gasteiger partial charge on any atom is -0.444 e. The molecule has 0 aliphatic carbocycles. The minimum absolute atomic E-state index is 0.0914. The summed E-state index contributed by atoms with van der Waals surface area (Å²) in [5.74, 6) is 0.0914. The summed E-state index contributed by atoms with van der Waals surface area (Å²) in [5.41, 5.74) is 6.58. The van der Waals surface area contributed by atoms with Crippen LogP contribution < -0.4 is 11.1 Å². The monoisotopic (exact) mass is 306 g/mol. The zero-order valence-electron chi connectivity index (χ0n) is 12.7. The van der Waals surface area contributed by atoms with Crippen molar-refractivity contribution in [2.75, 3.05) is 13.1 Å². The van der Waals surface area contributed by atoms with Gasteiger partial charge in [0.2, 0.25) is 0 Å². The van der Waals surface area contributed by atoms with E-state index in [2.05, 4.69) is 22.8 Å². The average Bonchev–Trinajstić information content (AvgIpc) is 2.82. The van der Waals surface area contributed by atoms with Gasteiger partial charge in [-0.2, -0.15) is 0 Å². The van der Waals surface area contributed by atoms with E-state index in [9.17, 15) is 4.79 Å². The van der Waals surface area contributed by atoms with E-state index in [1.54, 1.807) is 11.3 Å². The van der Waals surface area contributed by atoms with E-state index in [0.29, 0.717) is 13.1 Å². The number of thiophene rings is 1. The zero-order valence-corrected chi connectivity index (χ0v) is 13.5. The van der Waals surface area contributed by atoms with Crippen LogP contribution in [-0.2, 0) is 4.74 Å². The van der Waals surface area contributed by atoms with Crippen LogP contribution >= 0.6 is 11.3 Å². The maximum Gasteiger partial charge on any atom is 0.407 e. The molecule has 0 saturated heterocycles. The lowest BCUT2D eigenvalue weighted by Crippen LogP contribution is -2.36. The summed E-state index contributed by atoms with van der Waals surface area (Å²) in [6.07, 6.45) is -0.402. The van der Waals surface area contributed by atoms with Crippen molar-refractivity contribution in [3.63, 3.8) is 0 Å². The van der Waals surface area contributed by atoms with Crippen molar-refractivity contribution in [1.29, 1.82) is 0 Å². The summed E-state index contributed by atoms with van der Waals surface area (Å²) >= 11 is 1.70. The van der Waals surface area contributed by atoms with Gasteiger partial charge in [-0.15, -0.1) is 11.3 Å². The smallest absolute Gasteiger partial charge is 0.407 e. The van der Waals surface area contributed by atoms with Crippen molar-refractivity contribution in [1.82, 2.24) is 5.32 Å². The number of rotatable bonds is 4. The molecule has 3 N–H and O–H groups in total. The van der Waals surface area contributed by atoms with Gasteiger partial charge in [0, 0.05) is 23.7 Å². The predicted molar refractivity (Wildman–Crippen MR) is 87.9 cm³/mol. The first-order chi connectivity index (χ1) is 9.90. The largest absolute Gasteiger partial charge is 0.444 e. The van der Waals surface area contributed by atoms with E-state index in [0.717, 1.165) is 0 Å². The molecule has 0 aliphatic rings. The Bertz CT molecular complexity index is 616. The van der Waals surface area contributed by atoms with Crippen molar-refractivity contribution in [2.24, 2.45) is 5.73 Å². The van der Waals surface area contributed by atoms with Crippen LogP contribution in [0.3, 0.4) is 0 Å². The third-order valence-corrected chi connectivity index (χ3v) is 4.11. The van der Waals surface area contributed by atoms with E-state index in [1.165, 1.54) is 15.6 Å². The molecule has 21 heavy (non-hydrogen) atoms. The Morgan fingerprint density at radius 1 is 1.38 bits per heavy atom. The molecule has 0 radical (unpaired) electrons. The van der Waals surface area contributed by atoms with Crippen LogP contribution in [0.5, 0.6) is 0 Å². The molecule has 2 rings (SSSR count). The van der Waals surface area contributed by atoms with Gasteiger partial charge in [-0.3, -0.25) is 0 Å². The fraction of sp³-hybridized carbons (Fsp3) is 0.438. The number of alkyl carbamates (subject to hydrolysis) is 1. The molecule has 1 aromatic heterocycles. The second-order valence-corrected chi connectivity index (χ2v) is 6.91. The van der Waals surface area contributed by atoms with E-state index < -0.39 is 11.7 Å². The van der Waals surface area contributed by atoms with E-state index in [1.807, 2.05) is 32.9 Å². The number of fused-ring (bicyclic) bond motifs is 1. The van der Waals surface area contributed by atoms with Crippen LogP contribution in [0.4, 0.5) is 4.79 Å².